The first-order valence-corrected chi connectivity index (χ1v) is 6.68. The van der Waals surface area contributed by atoms with Crippen molar-refractivity contribution < 1.29 is 4.42 Å². The second-order valence-corrected chi connectivity index (χ2v) is 5.14. The number of nitrogens with one attached hydrogen (secondary N) is 1. The molecule has 1 atom stereocenters. The van der Waals surface area contributed by atoms with E-state index in [0.717, 1.165) is 23.4 Å². The summed E-state index contributed by atoms with van der Waals surface area (Å²) in [7, 11) is 0. The van der Waals surface area contributed by atoms with Gasteiger partial charge in [0.05, 0.1) is 5.69 Å². The maximum Gasteiger partial charge on any atom is 0.295 e. The van der Waals surface area contributed by atoms with Gasteiger partial charge in [0.25, 0.3) is 6.01 Å². The molecule has 4 heteroatoms. The summed E-state index contributed by atoms with van der Waals surface area (Å²) in [6.45, 7) is 2.19. The van der Waals surface area contributed by atoms with Crippen molar-refractivity contribution in [1.82, 2.24) is 4.98 Å². The third-order valence-electron chi connectivity index (χ3n) is 3.59. The molecule has 1 aromatic carbocycles. The van der Waals surface area contributed by atoms with E-state index in [1.807, 2.05) is 18.2 Å². The van der Waals surface area contributed by atoms with Crippen molar-refractivity contribution in [3.63, 3.8) is 0 Å². The standard InChI is InChI=1S/C14H19N3O/c1-2-10(8-9-6-7-9)16-14-17-13-11(15)4-3-5-12(13)18-14/h3-5,9-10H,2,6-8,15H2,1H3,(H,16,17). The van der Waals surface area contributed by atoms with Crippen molar-refractivity contribution in [2.75, 3.05) is 11.1 Å². The quantitative estimate of drug-likeness (QED) is 0.792. The summed E-state index contributed by atoms with van der Waals surface area (Å²) in [6.07, 6.45) is 5.05. The van der Waals surface area contributed by atoms with E-state index in [4.69, 9.17) is 10.2 Å². The van der Waals surface area contributed by atoms with Crippen LogP contribution in [0.1, 0.15) is 32.6 Å². The van der Waals surface area contributed by atoms with Gasteiger partial charge in [0.2, 0.25) is 0 Å². The lowest BCUT2D eigenvalue weighted by Gasteiger charge is -2.14. The molecular formula is C14H19N3O. The molecule has 0 bridgehead atoms. The Labute approximate surface area is 107 Å². The molecule has 1 aliphatic rings. The van der Waals surface area contributed by atoms with Crippen molar-refractivity contribution in [3.8, 4) is 0 Å². The number of benzene rings is 1. The first-order chi connectivity index (χ1) is 8.76. The van der Waals surface area contributed by atoms with Gasteiger partial charge in [-0.2, -0.15) is 4.98 Å². The topological polar surface area (TPSA) is 64.1 Å². The fraction of sp³-hybridized carbons (Fsp3) is 0.500. The van der Waals surface area contributed by atoms with Crippen LogP contribution in [0.25, 0.3) is 11.1 Å². The summed E-state index contributed by atoms with van der Waals surface area (Å²) in [5.41, 5.74) is 8.04. The zero-order valence-corrected chi connectivity index (χ0v) is 10.6. The van der Waals surface area contributed by atoms with Crippen molar-refractivity contribution >= 4 is 22.8 Å². The second-order valence-electron chi connectivity index (χ2n) is 5.14. The van der Waals surface area contributed by atoms with Crippen molar-refractivity contribution in [2.45, 2.75) is 38.6 Å². The monoisotopic (exact) mass is 245 g/mol. The molecule has 2 aromatic rings. The average molecular weight is 245 g/mol. The maximum absolute atomic E-state index is 5.87. The molecular weight excluding hydrogens is 226 g/mol. The van der Waals surface area contributed by atoms with Gasteiger partial charge in [-0.1, -0.05) is 25.8 Å². The van der Waals surface area contributed by atoms with Crippen molar-refractivity contribution in [3.05, 3.63) is 18.2 Å². The average Bonchev–Trinajstić information content (AvgIpc) is 3.07. The molecule has 3 N–H and O–H groups in total. The van der Waals surface area contributed by atoms with E-state index in [2.05, 4.69) is 17.2 Å². The van der Waals surface area contributed by atoms with Crippen LogP contribution in [0.3, 0.4) is 0 Å². The van der Waals surface area contributed by atoms with Crippen LogP contribution < -0.4 is 11.1 Å². The molecule has 1 heterocycles. The van der Waals surface area contributed by atoms with Gasteiger partial charge in [-0.05, 0) is 30.9 Å². The van der Waals surface area contributed by atoms with Crippen LogP contribution in [0.2, 0.25) is 0 Å². The SMILES string of the molecule is CCC(CC1CC1)Nc1nc2c(N)cccc2o1. The molecule has 1 unspecified atom stereocenters. The normalized spacial score (nSPS) is 16.9. The highest BCUT2D eigenvalue weighted by Gasteiger charge is 2.25. The number of para-hydroxylation sites is 1. The smallest absolute Gasteiger partial charge is 0.295 e. The number of hydrogen-bond acceptors (Lipinski definition) is 4. The molecule has 18 heavy (non-hydrogen) atoms. The van der Waals surface area contributed by atoms with E-state index in [9.17, 15) is 0 Å². The number of nitrogen functional groups attached to an aromatic ring is 1. The minimum absolute atomic E-state index is 0.451. The molecule has 4 nitrogen and oxygen atoms in total. The largest absolute Gasteiger partial charge is 0.423 e. The lowest BCUT2D eigenvalue weighted by Crippen LogP contribution is -2.19. The van der Waals surface area contributed by atoms with E-state index in [1.54, 1.807) is 0 Å². The fourth-order valence-corrected chi connectivity index (χ4v) is 2.29. The number of rotatable bonds is 5. The summed E-state index contributed by atoms with van der Waals surface area (Å²) < 4.78 is 5.68. The highest BCUT2D eigenvalue weighted by atomic mass is 16.4. The Kier molecular flexibility index (Phi) is 2.86. The van der Waals surface area contributed by atoms with E-state index >= 15 is 0 Å². The van der Waals surface area contributed by atoms with Crippen LogP contribution in [-0.4, -0.2) is 11.0 Å². The molecule has 0 aliphatic heterocycles. The number of oxazole rings is 1. The first kappa shape index (κ1) is 11.4. The summed E-state index contributed by atoms with van der Waals surface area (Å²) in [5, 5.41) is 3.38. The summed E-state index contributed by atoms with van der Waals surface area (Å²) >= 11 is 0. The number of fused-ring (bicyclic) bond motifs is 1. The first-order valence-electron chi connectivity index (χ1n) is 6.68. The van der Waals surface area contributed by atoms with E-state index in [1.165, 1.54) is 19.3 Å². The van der Waals surface area contributed by atoms with Gasteiger partial charge in [0, 0.05) is 6.04 Å². The zero-order valence-electron chi connectivity index (χ0n) is 10.6. The van der Waals surface area contributed by atoms with Gasteiger partial charge >= 0.3 is 0 Å². The van der Waals surface area contributed by atoms with Crippen LogP contribution in [-0.2, 0) is 0 Å². The van der Waals surface area contributed by atoms with Crippen LogP contribution in [0, 0.1) is 5.92 Å². The van der Waals surface area contributed by atoms with Crippen LogP contribution >= 0.6 is 0 Å². The van der Waals surface area contributed by atoms with Crippen LogP contribution in [0.5, 0.6) is 0 Å². The Hall–Kier alpha value is -1.71. The lowest BCUT2D eigenvalue weighted by molar-refractivity contribution is 0.545. The van der Waals surface area contributed by atoms with Crippen molar-refractivity contribution in [1.29, 1.82) is 0 Å². The highest BCUT2D eigenvalue weighted by molar-refractivity contribution is 5.86. The molecule has 1 aromatic heterocycles. The van der Waals surface area contributed by atoms with Gasteiger partial charge in [-0.25, -0.2) is 0 Å². The van der Waals surface area contributed by atoms with Crippen LogP contribution in [0.4, 0.5) is 11.7 Å². The lowest BCUT2D eigenvalue weighted by atomic mass is 10.1. The minimum atomic E-state index is 0.451. The molecule has 96 valence electrons. The zero-order chi connectivity index (χ0) is 12.5. The van der Waals surface area contributed by atoms with E-state index < -0.39 is 0 Å². The van der Waals surface area contributed by atoms with Gasteiger partial charge in [0.1, 0.15) is 5.52 Å². The molecule has 0 saturated heterocycles. The Morgan fingerprint density at radius 2 is 2.33 bits per heavy atom. The van der Waals surface area contributed by atoms with Gasteiger partial charge in [-0.15, -0.1) is 0 Å². The summed E-state index contributed by atoms with van der Waals surface area (Å²) in [6, 6.07) is 6.66. The minimum Gasteiger partial charge on any atom is -0.423 e. The molecule has 0 radical (unpaired) electrons. The number of nitrogens with two attached hydrogens (primary N) is 1. The molecule has 0 amide bonds. The maximum atomic E-state index is 5.87. The van der Waals surface area contributed by atoms with Gasteiger partial charge in [0.15, 0.2) is 5.58 Å². The van der Waals surface area contributed by atoms with E-state index in [-0.39, 0.29) is 0 Å². The number of aromatic nitrogens is 1. The van der Waals surface area contributed by atoms with Crippen molar-refractivity contribution in [2.24, 2.45) is 5.92 Å². The Balaban J connectivity index is 1.78. The van der Waals surface area contributed by atoms with Gasteiger partial charge < -0.3 is 15.5 Å². The van der Waals surface area contributed by atoms with E-state index in [0.29, 0.717) is 17.7 Å². The highest BCUT2D eigenvalue weighted by Crippen LogP contribution is 2.35. The third kappa shape index (κ3) is 2.28. The number of hydrogen-bond donors (Lipinski definition) is 2. The Bertz CT molecular complexity index is 545. The Morgan fingerprint density at radius 1 is 1.50 bits per heavy atom. The molecule has 1 fully saturated rings. The number of nitrogens with zero attached hydrogens (tertiary/aromatic N) is 1. The predicted octanol–water partition coefficient (Wildman–Crippen LogP) is 3.40. The third-order valence-corrected chi connectivity index (χ3v) is 3.59. The fourth-order valence-electron chi connectivity index (χ4n) is 2.29. The number of anilines is 2. The van der Waals surface area contributed by atoms with Gasteiger partial charge in [-0.3, -0.25) is 0 Å². The Morgan fingerprint density at radius 3 is 3.00 bits per heavy atom. The second kappa shape index (κ2) is 4.52. The summed E-state index contributed by atoms with van der Waals surface area (Å²) in [5.74, 6) is 0.900. The van der Waals surface area contributed by atoms with Crippen LogP contribution in [0.15, 0.2) is 22.6 Å². The molecule has 0 spiro atoms. The molecule has 1 aliphatic carbocycles. The molecule has 1 saturated carbocycles. The summed E-state index contributed by atoms with van der Waals surface area (Å²) in [4.78, 5) is 4.42. The predicted molar refractivity (Wildman–Crippen MR) is 73.5 cm³/mol. The molecule has 3 rings (SSSR count).